The van der Waals surface area contributed by atoms with Gasteiger partial charge in [0, 0.05) is 11.9 Å². The van der Waals surface area contributed by atoms with E-state index in [1.54, 1.807) is 19.2 Å². The smallest absolute Gasteiger partial charge is 0.0855 e. The molecule has 11 heavy (non-hydrogen) atoms. The van der Waals surface area contributed by atoms with Crippen LogP contribution >= 0.6 is 0 Å². The van der Waals surface area contributed by atoms with E-state index in [1.807, 2.05) is 19.9 Å². The fourth-order valence-electron chi connectivity index (χ4n) is 0.656. The van der Waals surface area contributed by atoms with Crippen molar-refractivity contribution in [3.05, 3.63) is 23.6 Å². The third-order valence-corrected chi connectivity index (χ3v) is 1.16. The van der Waals surface area contributed by atoms with Crippen molar-refractivity contribution >= 4 is 6.21 Å². The molecule has 0 rings (SSSR count). The van der Waals surface area contributed by atoms with E-state index in [-0.39, 0.29) is 0 Å². The number of hydrogen-bond acceptors (Lipinski definition) is 2. The van der Waals surface area contributed by atoms with Gasteiger partial charge in [0.2, 0.25) is 0 Å². The van der Waals surface area contributed by atoms with Gasteiger partial charge >= 0.3 is 0 Å². The third-order valence-electron chi connectivity index (χ3n) is 1.16. The predicted octanol–water partition coefficient (Wildman–Crippen LogP) is 2.83. The largest absolute Gasteiger partial charge is 0.513 e. The number of nitrogens with zero attached hydrogens (tertiary/aromatic N) is 1. The standard InChI is InChI=1S/C9H15NO/c1-4-10-8(2)6-5-7-9(3)11/h4,6-7,11H,5H2,1-3H3/b8-6-,9-7?,10-4?. The fraction of sp³-hybridized carbons (Fsp3) is 0.444. The summed E-state index contributed by atoms with van der Waals surface area (Å²) in [5.41, 5.74) is 0.977. The monoisotopic (exact) mass is 153 g/mol. The van der Waals surface area contributed by atoms with Gasteiger partial charge in [0.1, 0.15) is 0 Å². The molecular weight excluding hydrogens is 138 g/mol. The lowest BCUT2D eigenvalue weighted by Crippen LogP contribution is -1.72. The normalized spacial score (nSPS) is 14.5. The molecule has 0 aromatic carbocycles. The van der Waals surface area contributed by atoms with E-state index in [2.05, 4.69) is 4.99 Å². The second kappa shape index (κ2) is 5.71. The number of allylic oxidation sites excluding steroid dienone is 4. The van der Waals surface area contributed by atoms with Gasteiger partial charge in [-0.25, -0.2) is 0 Å². The first-order valence-corrected chi connectivity index (χ1v) is 3.68. The maximum absolute atomic E-state index is 8.79. The minimum Gasteiger partial charge on any atom is -0.513 e. The van der Waals surface area contributed by atoms with Crippen LogP contribution in [0, 0.1) is 0 Å². The van der Waals surface area contributed by atoms with Crippen molar-refractivity contribution in [2.75, 3.05) is 0 Å². The zero-order valence-electron chi connectivity index (χ0n) is 7.33. The Morgan fingerprint density at radius 1 is 1.36 bits per heavy atom. The van der Waals surface area contributed by atoms with Gasteiger partial charge in [0.05, 0.1) is 5.76 Å². The van der Waals surface area contributed by atoms with Crippen molar-refractivity contribution in [2.24, 2.45) is 4.99 Å². The van der Waals surface area contributed by atoms with E-state index in [0.29, 0.717) is 5.76 Å². The molecule has 0 heterocycles. The summed E-state index contributed by atoms with van der Waals surface area (Å²) in [4.78, 5) is 4.05. The Balaban J connectivity index is 3.83. The molecule has 0 saturated carbocycles. The van der Waals surface area contributed by atoms with Crippen LogP contribution in [-0.4, -0.2) is 11.3 Å². The molecule has 0 aromatic rings. The Morgan fingerprint density at radius 2 is 2.00 bits per heavy atom. The van der Waals surface area contributed by atoms with Gasteiger partial charge in [-0.15, -0.1) is 0 Å². The van der Waals surface area contributed by atoms with Gasteiger partial charge in [-0.1, -0.05) is 6.08 Å². The highest BCUT2D eigenvalue weighted by molar-refractivity contribution is 5.55. The summed E-state index contributed by atoms with van der Waals surface area (Å²) < 4.78 is 0. The van der Waals surface area contributed by atoms with E-state index < -0.39 is 0 Å². The van der Waals surface area contributed by atoms with Crippen LogP contribution in [0.15, 0.2) is 28.6 Å². The van der Waals surface area contributed by atoms with Gasteiger partial charge in [-0.2, -0.15) is 0 Å². The number of hydrogen-bond donors (Lipinski definition) is 1. The van der Waals surface area contributed by atoms with Crippen molar-refractivity contribution in [3.8, 4) is 0 Å². The second-order valence-electron chi connectivity index (χ2n) is 2.31. The van der Waals surface area contributed by atoms with E-state index in [4.69, 9.17) is 5.11 Å². The molecule has 0 aromatic heterocycles. The number of aliphatic hydroxyl groups is 1. The molecule has 0 amide bonds. The lowest BCUT2D eigenvalue weighted by atomic mass is 10.3. The number of rotatable bonds is 3. The Kier molecular flexibility index (Phi) is 5.17. The summed E-state index contributed by atoms with van der Waals surface area (Å²) >= 11 is 0. The Hall–Kier alpha value is -1.05. The summed E-state index contributed by atoms with van der Waals surface area (Å²) in [6.45, 7) is 5.47. The first kappa shape index (κ1) is 9.95. The summed E-state index contributed by atoms with van der Waals surface area (Å²) in [5, 5.41) is 8.79. The van der Waals surface area contributed by atoms with Crippen LogP contribution in [0.1, 0.15) is 27.2 Å². The third kappa shape index (κ3) is 6.84. The molecule has 62 valence electrons. The van der Waals surface area contributed by atoms with Crippen LogP contribution in [0.5, 0.6) is 0 Å². The Morgan fingerprint density at radius 3 is 2.45 bits per heavy atom. The highest BCUT2D eigenvalue weighted by Gasteiger charge is 1.81. The van der Waals surface area contributed by atoms with Crippen molar-refractivity contribution in [3.63, 3.8) is 0 Å². The highest BCUT2D eigenvalue weighted by Crippen LogP contribution is 1.98. The van der Waals surface area contributed by atoms with Crippen LogP contribution in [0.25, 0.3) is 0 Å². The molecule has 2 heteroatoms. The van der Waals surface area contributed by atoms with Crippen molar-refractivity contribution < 1.29 is 5.11 Å². The molecule has 2 nitrogen and oxygen atoms in total. The Labute approximate surface area is 68.0 Å². The minimum absolute atomic E-state index is 0.356. The number of aliphatic imine (C=N–C) groups is 1. The zero-order valence-corrected chi connectivity index (χ0v) is 7.33. The molecule has 0 aliphatic heterocycles. The maximum atomic E-state index is 8.79. The molecule has 0 aliphatic carbocycles. The minimum atomic E-state index is 0.356. The molecule has 1 N–H and O–H groups in total. The zero-order chi connectivity index (χ0) is 8.69. The van der Waals surface area contributed by atoms with Crippen LogP contribution in [0.3, 0.4) is 0 Å². The number of aliphatic hydroxyl groups excluding tert-OH is 1. The van der Waals surface area contributed by atoms with Gasteiger partial charge in [-0.05, 0) is 33.3 Å². The van der Waals surface area contributed by atoms with Crippen LogP contribution in [0.4, 0.5) is 0 Å². The van der Waals surface area contributed by atoms with Gasteiger partial charge in [0.25, 0.3) is 0 Å². The first-order chi connectivity index (χ1) is 5.16. The Bertz CT molecular complexity index is 186. The van der Waals surface area contributed by atoms with Crippen LogP contribution in [-0.2, 0) is 0 Å². The van der Waals surface area contributed by atoms with Crippen molar-refractivity contribution in [1.82, 2.24) is 0 Å². The first-order valence-electron chi connectivity index (χ1n) is 3.68. The summed E-state index contributed by atoms with van der Waals surface area (Å²) in [6.07, 6.45) is 6.20. The molecule has 0 fully saturated rings. The van der Waals surface area contributed by atoms with Crippen molar-refractivity contribution in [2.45, 2.75) is 27.2 Å². The van der Waals surface area contributed by atoms with Crippen LogP contribution < -0.4 is 0 Å². The molecule has 0 unspecified atom stereocenters. The van der Waals surface area contributed by atoms with Gasteiger partial charge < -0.3 is 5.11 Å². The molecule has 0 saturated heterocycles. The summed E-state index contributed by atoms with van der Waals surface area (Å²) in [5.74, 6) is 0.356. The van der Waals surface area contributed by atoms with E-state index in [0.717, 1.165) is 12.1 Å². The quantitative estimate of drug-likeness (QED) is 0.490. The van der Waals surface area contributed by atoms with Gasteiger partial charge in [0.15, 0.2) is 0 Å². The fourth-order valence-corrected chi connectivity index (χ4v) is 0.656. The maximum Gasteiger partial charge on any atom is 0.0855 e. The highest BCUT2D eigenvalue weighted by atomic mass is 16.3. The predicted molar refractivity (Wildman–Crippen MR) is 48.9 cm³/mol. The SMILES string of the molecule is CC=N/C(C)=C\CC=C(C)O. The summed E-state index contributed by atoms with van der Waals surface area (Å²) in [7, 11) is 0. The van der Waals surface area contributed by atoms with E-state index in [1.165, 1.54) is 0 Å². The van der Waals surface area contributed by atoms with Crippen molar-refractivity contribution in [1.29, 1.82) is 0 Å². The molecule has 0 aliphatic rings. The average molecular weight is 153 g/mol. The molecule has 0 spiro atoms. The lowest BCUT2D eigenvalue weighted by Gasteiger charge is -1.89. The average Bonchev–Trinajstić information content (AvgIpc) is 1.87. The van der Waals surface area contributed by atoms with E-state index in [9.17, 15) is 0 Å². The molecular formula is C9H15NO. The molecule has 0 atom stereocenters. The second-order valence-corrected chi connectivity index (χ2v) is 2.31. The van der Waals surface area contributed by atoms with E-state index >= 15 is 0 Å². The van der Waals surface area contributed by atoms with Gasteiger partial charge in [-0.3, -0.25) is 4.99 Å². The van der Waals surface area contributed by atoms with Crippen LogP contribution in [0.2, 0.25) is 0 Å². The lowest BCUT2D eigenvalue weighted by molar-refractivity contribution is 0.412. The topological polar surface area (TPSA) is 32.6 Å². The summed E-state index contributed by atoms with van der Waals surface area (Å²) in [6, 6.07) is 0. The molecule has 0 bridgehead atoms. The molecule has 0 radical (unpaired) electrons.